The van der Waals surface area contributed by atoms with Gasteiger partial charge in [-0.15, -0.1) is 0 Å². The van der Waals surface area contributed by atoms with Crippen molar-refractivity contribution in [2.45, 2.75) is 32.2 Å². The third-order valence-corrected chi connectivity index (χ3v) is 2.57. The first-order valence-electron chi connectivity index (χ1n) is 6.57. The van der Waals surface area contributed by atoms with Gasteiger partial charge >= 0.3 is 12.0 Å². The fourth-order valence-corrected chi connectivity index (χ4v) is 1.41. The summed E-state index contributed by atoms with van der Waals surface area (Å²) in [5, 5.41) is 13.8. The first-order valence-corrected chi connectivity index (χ1v) is 6.57. The lowest BCUT2D eigenvalue weighted by Crippen LogP contribution is -2.49. The summed E-state index contributed by atoms with van der Waals surface area (Å²) in [6.45, 7) is 2.21. The average molecular weight is 302 g/mol. The number of carboxylic acid groups (broad SMARTS) is 1. The summed E-state index contributed by atoms with van der Waals surface area (Å²) in [4.78, 5) is 45.9. The van der Waals surface area contributed by atoms with Crippen molar-refractivity contribution in [1.82, 2.24) is 15.5 Å². The molecule has 0 aliphatic rings. The van der Waals surface area contributed by atoms with Crippen LogP contribution in [0.1, 0.15) is 26.2 Å². The van der Waals surface area contributed by atoms with E-state index in [9.17, 15) is 19.2 Å². The molecule has 0 aromatic rings. The molecule has 9 heteroatoms. The molecule has 0 rings (SSSR count). The van der Waals surface area contributed by atoms with E-state index in [0.717, 1.165) is 11.3 Å². The summed E-state index contributed by atoms with van der Waals surface area (Å²) in [7, 11) is 1.37. The van der Waals surface area contributed by atoms with Crippen LogP contribution in [0.2, 0.25) is 0 Å². The van der Waals surface area contributed by atoms with Crippen molar-refractivity contribution in [3.63, 3.8) is 0 Å². The molecule has 21 heavy (non-hydrogen) atoms. The van der Waals surface area contributed by atoms with Gasteiger partial charge < -0.3 is 26.4 Å². The number of primary amides is 1. The molecule has 0 aromatic heterocycles. The third-order valence-electron chi connectivity index (χ3n) is 2.57. The Balaban J connectivity index is 4.37. The molecule has 0 aromatic carbocycles. The van der Waals surface area contributed by atoms with Crippen LogP contribution in [0, 0.1) is 0 Å². The molecule has 0 bridgehead atoms. The summed E-state index contributed by atoms with van der Waals surface area (Å²) < 4.78 is 0. The van der Waals surface area contributed by atoms with E-state index in [0.29, 0.717) is 6.54 Å². The topological polar surface area (TPSA) is 142 Å². The van der Waals surface area contributed by atoms with Gasteiger partial charge in [-0.25, -0.2) is 9.59 Å². The number of nitrogens with one attached hydrogen (secondary N) is 2. The summed E-state index contributed by atoms with van der Waals surface area (Å²) >= 11 is 0. The quantitative estimate of drug-likeness (QED) is 0.426. The summed E-state index contributed by atoms with van der Waals surface area (Å²) in [5.41, 5.74) is 4.94. The van der Waals surface area contributed by atoms with Crippen molar-refractivity contribution < 1.29 is 24.3 Å². The zero-order valence-corrected chi connectivity index (χ0v) is 12.2. The van der Waals surface area contributed by atoms with Gasteiger partial charge in [0.05, 0.1) is 0 Å². The molecule has 120 valence electrons. The molecular formula is C12H22N4O5. The van der Waals surface area contributed by atoms with Crippen molar-refractivity contribution in [3.05, 3.63) is 0 Å². The zero-order valence-electron chi connectivity index (χ0n) is 12.2. The van der Waals surface area contributed by atoms with E-state index < -0.39 is 23.9 Å². The van der Waals surface area contributed by atoms with Crippen molar-refractivity contribution >= 4 is 23.8 Å². The smallest absolute Gasteiger partial charge is 0.326 e. The number of aliphatic carboxylic acids is 1. The predicted octanol–water partition coefficient (Wildman–Crippen LogP) is -1.13. The predicted molar refractivity (Wildman–Crippen MR) is 74.3 cm³/mol. The number of nitrogens with zero attached hydrogens (tertiary/aromatic N) is 1. The number of amides is 4. The Morgan fingerprint density at radius 2 is 1.90 bits per heavy atom. The molecule has 0 unspecified atom stereocenters. The Bertz CT molecular complexity index is 399. The monoisotopic (exact) mass is 302 g/mol. The van der Waals surface area contributed by atoms with Crippen molar-refractivity contribution in [3.8, 4) is 0 Å². The Kier molecular flexibility index (Phi) is 8.51. The molecule has 0 fully saturated rings. The highest BCUT2D eigenvalue weighted by atomic mass is 16.4. The fourth-order valence-electron chi connectivity index (χ4n) is 1.41. The molecular weight excluding hydrogens is 280 g/mol. The highest BCUT2D eigenvalue weighted by molar-refractivity contribution is 5.86. The summed E-state index contributed by atoms with van der Waals surface area (Å²) in [6, 6.07) is -1.94. The van der Waals surface area contributed by atoms with Crippen LogP contribution in [0.5, 0.6) is 0 Å². The molecule has 0 saturated heterocycles. The van der Waals surface area contributed by atoms with Crippen LogP contribution in [-0.4, -0.2) is 60.0 Å². The standard InChI is InChI=1S/C12H22N4O5/c1-3-6-14-10(18)7-16(2)12(21)15-8(11(19)20)4-5-9(13)17/h8H,3-7H2,1-2H3,(H2,13,17)(H,14,18)(H,15,21)(H,19,20)/t8-/m0/s1. The van der Waals surface area contributed by atoms with Crippen molar-refractivity contribution in [1.29, 1.82) is 0 Å². The van der Waals surface area contributed by atoms with Gasteiger partial charge in [-0.1, -0.05) is 6.92 Å². The van der Waals surface area contributed by atoms with Gasteiger partial charge in [-0.2, -0.15) is 0 Å². The van der Waals surface area contributed by atoms with Gasteiger partial charge in [0.15, 0.2) is 0 Å². The minimum Gasteiger partial charge on any atom is -0.480 e. The number of carbonyl (C=O) groups is 4. The summed E-state index contributed by atoms with van der Waals surface area (Å²) in [5.74, 6) is -2.25. The van der Waals surface area contributed by atoms with Gasteiger partial charge in [0, 0.05) is 20.0 Å². The first kappa shape index (κ1) is 18.7. The molecule has 4 amide bonds. The largest absolute Gasteiger partial charge is 0.480 e. The summed E-state index contributed by atoms with van der Waals surface area (Å²) in [6.07, 6.45) is 0.514. The molecule has 0 radical (unpaired) electrons. The van der Waals surface area contributed by atoms with E-state index in [1.807, 2.05) is 6.92 Å². The van der Waals surface area contributed by atoms with E-state index in [1.54, 1.807) is 0 Å². The van der Waals surface area contributed by atoms with Crippen LogP contribution >= 0.6 is 0 Å². The van der Waals surface area contributed by atoms with Gasteiger partial charge in [0.25, 0.3) is 0 Å². The molecule has 0 heterocycles. The molecule has 0 saturated carbocycles. The second kappa shape index (κ2) is 9.56. The molecule has 9 nitrogen and oxygen atoms in total. The fraction of sp³-hybridized carbons (Fsp3) is 0.667. The number of nitrogens with two attached hydrogens (primary N) is 1. The van der Waals surface area contributed by atoms with Gasteiger partial charge in [0.1, 0.15) is 12.6 Å². The highest BCUT2D eigenvalue weighted by Gasteiger charge is 2.22. The lowest BCUT2D eigenvalue weighted by molar-refractivity contribution is -0.139. The Hall–Kier alpha value is -2.32. The van der Waals surface area contributed by atoms with E-state index in [2.05, 4.69) is 10.6 Å². The van der Waals surface area contributed by atoms with Crippen LogP contribution in [0.15, 0.2) is 0 Å². The number of rotatable bonds is 9. The number of carboxylic acids is 1. The van der Waals surface area contributed by atoms with Crippen LogP contribution in [0.25, 0.3) is 0 Å². The van der Waals surface area contributed by atoms with Crippen LogP contribution in [0.4, 0.5) is 4.79 Å². The normalized spacial score (nSPS) is 11.3. The van der Waals surface area contributed by atoms with Gasteiger partial charge in [0.2, 0.25) is 11.8 Å². The molecule has 0 aliphatic carbocycles. The zero-order chi connectivity index (χ0) is 16.4. The number of hydrogen-bond acceptors (Lipinski definition) is 4. The van der Waals surface area contributed by atoms with Crippen molar-refractivity contribution in [2.75, 3.05) is 20.1 Å². The average Bonchev–Trinajstić information content (AvgIpc) is 2.40. The van der Waals surface area contributed by atoms with Gasteiger partial charge in [-0.05, 0) is 12.8 Å². The lowest BCUT2D eigenvalue weighted by Gasteiger charge is -2.20. The molecule has 5 N–H and O–H groups in total. The number of hydrogen-bond donors (Lipinski definition) is 4. The van der Waals surface area contributed by atoms with Crippen LogP contribution < -0.4 is 16.4 Å². The molecule has 0 aliphatic heterocycles. The van der Waals surface area contributed by atoms with E-state index in [1.165, 1.54) is 7.05 Å². The van der Waals surface area contributed by atoms with E-state index in [4.69, 9.17) is 10.8 Å². The highest BCUT2D eigenvalue weighted by Crippen LogP contribution is 1.99. The second-order valence-corrected chi connectivity index (χ2v) is 4.55. The maximum absolute atomic E-state index is 11.8. The Morgan fingerprint density at radius 3 is 2.38 bits per heavy atom. The minimum absolute atomic E-state index is 0.105. The maximum Gasteiger partial charge on any atom is 0.326 e. The lowest BCUT2D eigenvalue weighted by atomic mass is 10.1. The Morgan fingerprint density at radius 1 is 1.29 bits per heavy atom. The number of likely N-dealkylation sites (N-methyl/N-ethyl adjacent to an activating group) is 1. The van der Waals surface area contributed by atoms with E-state index >= 15 is 0 Å². The SMILES string of the molecule is CCCNC(=O)CN(C)C(=O)N[C@@H](CCC(N)=O)C(=O)O. The number of carbonyl (C=O) groups excluding carboxylic acids is 3. The third kappa shape index (κ3) is 8.45. The second-order valence-electron chi connectivity index (χ2n) is 4.55. The van der Waals surface area contributed by atoms with Crippen molar-refractivity contribution in [2.24, 2.45) is 5.73 Å². The molecule has 1 atom stereocenters. The number of urea groups is 1. The van der Waals surface area contributed by atoms with Crippen LogP contribution in [0.3, 0.4) is 0 Å². The first-order chi connectivity index (χ1) is 9.77. The Labute approximate surface area is 122 Å². The minimum atomic E-state index is -1.27. The van der Waals surface area contributed by atoms with Gasteiger partial charge in [-0.3, -0.25) is 9.59 Å². The molecule has 0 spiro atoms. The maximum atomic E-state index is 11.8. The van der Waals surface area contributed by atoms with Crippen LogP contribution in [-0.2, 0) is 14.4 Å². The van der Waals surface area contributed by atoms with E-state index in [-0.39, 0.29) is 25.3 Å².